The van der Waals surface area contributed by atoms with Crippen molar-refractivity contribution < 1.29 is 13.6 Å². The van der Waals surface area contributed by atoms with E-state index in [1.165, 1.54) is 29.5 Å². The quantitative estimate of drug-likeness (QED) is 0.720. The molecule has 0 radical (unpaired) electrons. The zero-order chi connectivity index (χ0) is 16.6. The zero-order valence-corrected chi connectivity index (χ0v) is 13.5. The molecule has 1 aromatic heterocycles. The molecule has 1 amide bonds. The molecule has 2 aromatic carbocycles. The normalized spacial score (nSPS) is 12.3. The number of amides is 1. The van der Waals surface area contributed by atoms with E-state index in [-0.39, 0.29) is 23.6 Å². The highest BCUT2D eigenvalue weighted by Gasteiger charge is 2.19. The second-order valence-electron chi connectivity index (χ2n) is 5.42. The molecule has 0 aliphatic heterocycles. The van der Waals surface area contributed by atoms with Crippen molar-refractivity contribution in [3.05, 3.63) is 70.1 Å². The van der Waals surface area contributed by atoms with Crippen molar-refractivity contribution >= 4 is 27.3 Å². The number of fused-ring (bicyclic) bond motifs is 1. The third-order valence-corrected chi connectivity index (χ3v) is 5.08. The Morgan fingerprint density at radius 3 is 2.48 bits per heavy atom. The molecule has 5 heteroatoms. The van der Waals surface area contributed by atoms with Gasteiger partial charge in [-0.05, 0) is 49.2 Å². The van der Waals surface area contributed by atoms with Crippen LogP contribution in [-0.2, 0) is 0 Å². The van der Waals surface area contributed by atoms with Crippen LogP contribution in [0.3, 0.4) is 0 Å². The van der Waals surface area contributed by atoms with Gasteiger partial charge in [0.15, 0.2) is 0 Å². The summed E-state index contributed by atoms with van der Waals surface area (Å²) in [5.74, 6) is -0.884. The maximum Gasteiger partial charge on any atom is 0.262 e. The first-order valence-corrected chi connectivity index (χ1v) is 8.03. The summed E-state index contributed by atoms with van der Waals surface area (Å²) in [4.78, 5) is 13.0. The fourth-order valence-corrected chi connectivity index (χ4v) is 3.69. The van der Waals surface area contributed by atoms with E-state index in [2.05, 4.69) is 5.32 Å². The lowest BCUT2D eigenvalue weighted by Gasteiger charge is -2.14. The Kier molecular flexibility index (Phi) is 4.13. The topological polar surface area (TPSA) is 29.1 Å². The van der Waals surface area contributed by atoms with Crippen LogP contribution in [0.5, 0.6) is 0 Å². The number of hydrogen-bond donors (Lipinski definition) is 1. The lowest BCUT2D eigenvalue weighted by atomic mass is 10.1. The summed E-state index contributed by atoms with van der Waals surface area (Å²) in [6.45, 7) is 3.58. The minimum absolute atomic E-state index is 0.250. The van der Waals surface area contributed by atoms with Crippen LogP contribution in [0.25, 0.3) is 10.1 Å². The Morgan fingerprint density at radius 1 is 1.13 bits per heavy atom. The average molecular weight is 331 g/mol. The van der Waals surface area contributed by atoms with Crippen molar-refractivity contribution in [2.75, 3.05) is 0 Å². The zero-order valence-electron chi connectivity index (χ0n) is 12.7. The van der Waals surface area contributed by atoms with Gasteiger partial charge >= 0.3 is 0 Å². The summed E-state index contributed by atoms with van der Waals surface area (Å²) in [7, 11) is 0. The maximum atomic E-state index is 13.9. The second-order valence-corrected chi connectivity index (χ2v) is 6.47. The first kappa shape index (κ1) is 15.6. The lowest BCUT2D eigenvalue weighted by Crippen LogP contribution is -2.26. The Bertz CT molecular complexity index is 871. The third kappa shape index (κ3) is 2.97. The minimum atomic E-state index is -0.318. The highest BCUT2D eigenvalue weighted by Crippen LogP contribution is 2.32. The van der Waals surface area contributed by atoms with Crippen LogP contribution in [0.1, 0.15) is 33.8 Å². The van der Waals surface area contributed by atoms with Gasteiger partial charge in [-0.1, -0.05) is 18.2 Å². The molecular weight excluding hydrogens is 316 g/mol. The second kappa shape index (κ2) is 6.08. The fraction of sp³-hybridized carbons (Fsp3) is 0.167. The summed E-state index contributed by atoms with van der Waals surface area (Å²) >= 11 is 1.27. The van der Waals surface area contributed by atoms with Gasteiger partial charge in [0.2, 0.25) is 0 Å². The molecule has 0 saturated heterocycles. The smallest absolute Gasteiger partial charge is 0.262 e. The van der Waals surface area contributed by atoms with Gasteiger partial charge in [-0.15, -0.1) is 11.3 Å². The van der Waals surface area contributed by atoms with Crippen molar-refractivity contribution in [3.63, 3.8) is 0 Å². The molecule has 3 aromatic rings. The Balaban J connectivity index is 1.87. The van der Waals surface area contributed by atoms with Crippen LogP contribution in [0.2, 0.25) is 0 Å². The monoisotopic (exact) mass is 331 g/mol. The lowest BCUT2D eigenvalue weighted by molar-refractivity contribution is 0.0943. The number of benzene rings is 2. The molecule has 0 aliphatic carbocycles. The van der Waals surface area contributed by atoms with E-state index in [9.17, 15) is 13.6 Å². The van der Waals surface area contributed by atoms with Crippen LogP contribution in [0.15, 0.2) is 42.5 Å². The molecule has 3 rings (SSSR count). The van der Waals surface area contributed by atoms with E-state index in [0.717, 1.165) is 10.3 Å². The van der Waals surface area contributed by atoms with Crippen molar-refractivity contribution in [3.8, 4) is 0 Å². The van der Waals surface area contributed by atoms with Gasteiger partial charge in [-0.25, -0.2) is 8.78 Å². The Labute approximate surface area is 136 Å². The molecule has 0 fully saturated rings. The van der Waals surface area contributed by atoms with Crippen LogP contribution in [0.4, 0.5) is 8.78 Å². The number of thiophene rings is 1. The molecule has 23 heavy (non-hydrogen) atoms. The van der Waals surface area contributed by atoms with Gasteiger partial charge in [-0.3, -0.25) is 4.79 Å². The first-order valence-electron chi connectivity index (χ1n) is 7.21. The molecule has 1 atom stereocenters. The highest BCUT2D eigenvalue weighted by molar-refractivity contribution is 7.21. The van der Waals surface area contributed by atoms with Crippen LogP contribution in [-0.4, -0.2) is 5.91 Å². The minimum Gasteiger partial charge on any atom is -0.345 e. The molecule has 0 spiro atoms. The first-order chi connectivity index (χ1) is 11.0. The number of nitrogens with one attached hydrogen (secondary N) is 1. The van der Waals surface area contributed by atoms with E-state index in [1.54, 1.807) is 31.2 Å². The van der Waals surface area contributed by atoms with Crippen LogP contribution < -0.4 is 5.32 Å². The summed E-state index contributed by atoms with van der Waals surface area (Å²) in [5, 5.41) is 3.38. The average Bonchev–Trinajstić information content (AvgIpc) is 2.86. The predicted octanol–water partition coefficient (Wildman–Crippen LogP) is 4.98. The van der Waals surface area contributed by atoms with Gasteiger partial charge in [-0.2, -0.15) is 0 Å². The number of halogens is 2. The third-order valence-electron chi connectivity index (χ3n) is 3.83. The van der Waals surface area contributed by atoms with E-state index >= 15 is 0 Å². The van der Waals surface area contributed by atoms with Gasteiger partial charge in [0.25, 0.3) is 5.91 Å². The van der Waals surface area contributed by atoms with Gasteiger partial charge in [0.05, 0.1) is 10.9 Å². The fourth-order valence-electron chi connectivity index (χ4n) is 2.57. The van der Waals surface area contributed by atoms with Crippen molar-refractivity contribution in [2.24, 2.45) is 0 Å². The number of rotatable bonds is 3. The number of carbonyl (C=O) groups excluding carboxylic acids is 1. The van der Waals surface area contributed by atoms with Crippen LogP contribution >= 0.6 is 11.3 Å². The number of aryl methyl sites for hydroxylation is 1. The molecule has 0 unspecified atom stereocenters. The molecule has 0 saturated carbocycles. The molecule has 1 heterocycles. The molecular formula is C18H15F2NOS. The van der Waals surface area contributed by atoms with Gasteiger partial charge in [0.1, 0.15) is 11.6 Å². The Morgan fingerprint density at radius 2 is 1.83 bits per heavy atom. The summed E-state index contributed by atoms with van der Waals surface area (Å²) < 4.78 is 27.6. The largest absolute Gasteiger partial charge is 0.345 e. The van der Waals surface area contributed by atoms with E-state index in [1.807, 2.05) is 6.92 Å². The van der Waals surface area contributed by atoms with Gasteiger partial charge in [0, 0.05) is 10.1 Å². The molecule has 2 nitrogen and oxygen atoms in total. The number of carbonyl (C=O) groups is 1. The van der Waals surface area contributed by atoms with E-state index in [0.29, 0.717) is 15.8 Å². The Hall–Kier alpha value is -2.27. The molecule has 118 valence electrons. The predicted molar refractivity (Wildman–Crippen MR) is 88.8 cm³/mol. The van der Waals surface area contributed by atoms with Crippen molar-refractivity contribution in [1.29, 1.82) is 0 Å². The summed E-state index contributed by atoms with van der Waals surface area (Å²) in [6, 6.07) is 10.6. The van der Waals surface area contributed by atoms with Gasteiger partial charge < -0.3 is 5.32 Å². The molecule has 1 N–H and O–H groups in total. The number of hydrogen-bond acceptors (Lipinski definition) is 2. The molecule has 0 bridgehead atoms. The van der Waals surface area contributed by atoms with Crippen molar-refractivity contribution in [2.45, 2.75) is 19.9 Å². The standard InChI is InChI=1S/C18H15F2NOS/c1-10-16-14(20)4-3-5-15(16)23-17(10)18(22)21-11(2)12-6-8-13(19)9-7-12/h3-9,11H,1-2H3,(H,21,22)/t11-/m0/s1. The van der Waals surface area contributed by atoms with E-state index in [4.69, 9.17) is 0 Å². The highest BCUT2D eigenvalue weighted by atomic mass is 32.1. The SMILES string of the molecule is Cc1c(C(=O)N[C@@H](C)c2ccc(F)cc2)sc2cccc(F)c12. The maximum absolute atomic E-state index is 13.9. The van der Waals surface area contributed by atoms with Crippen molar-refractivity contribution in [1.82, 2.24) is 5.32 Å². The summed E-state index contributed by atoms with van der Waals surface area (Å²) in [6.07, 6.45) is 0. The van der Waals surface area contributed by atoms with E-state index < -0.39 is 0 Å². The summed E-state index contributed by atoms with van der Waals surface area (Å²) in [5.41, 5.74) is 1.46. The molecule has 0 aliphatic rings. The van der Waals surface area contributed by atoms with Crippen LogP contribution in [0, 0.1) is 18.6 Å².